The van der Waals surface area contributed by atoms with Gasteiger partial charge in [-0.2, -0.15) is 0 Å². The number of ether oxygens (including phenoxy) is 1. The molecular formula is C17H15N3O4. The zero-order chi connectivity index (χ0) is 17.1. The number of hydrogen-bond donors (Lipinski definition) is 3. The van der Waals surface area contributed by atoms with E-state index in [1.54, 1.807) is 42.5 Å². The predicted octanol–water partition coefficient (Wildman–Crippen LogP) is 1.57. The lowest BCUT2D eigenvalue weighted by Crippen LogP contribution is -2.40. The summed E-state index contributed by atoms with van der Waals surface area (Å²) in [6, 6.07) is 14.4. The Balaban J connectivity index is 1.84. The average Bonchev–Trinajstić information content (AvgIpc) is 2.98. The van der Waals surface area contributed by atoms with E-state index < -0.39 is 30.1 Å². The molecule has 2 aromatic rings. The molecule has 2 unspecified atom stereocenters. The molecule has 0 saturated carbocycles. The molecule has 0 aliphatic carbocycles. The Bertz CT molecular complexity index is 791. The van der Waals surface area contributed by atoms with Gasteiger partial charge in [-0.15, -0.1) is 0 Å². The van der Waals surface area contributed by atoms with Gasteiger partial charge in [-0.25, -0.2) is 4.79 Å². The Kier molecular flexibility index (Phi) is 4.15. The summed E-state index contributed by atoms with van der Waals surface area (Å²) in [6.07, 6.45) is -1.42. The molecule has 0 bridgehead atoms. The van der Waals surface area contributed by atoms with Crippen LogP contribution in [0, 0.1) is 0 Å². The lowest BCUT2D eigenvalue weighted by molar-refractivity contribution is -0.119. The first-order valence-electron chi connectivity index (χ1n) is 7.28. The normalized spacial score (nSPS) is 19.2. The van der Waals surface area contributed by atoms with E-state index in [1.165, 1.54) is 6.07 Å². The van der Waals surface area contributed by atoms with Gasteiger partial charge in [-0.3, -0.25) is 9.59 Å². The van der Waals surface area contributed by atoms with Crippen LogP contribution >= 0.6 is 0 Å². The maximum absolute atomic E-state index is 12.6. The van der Waals surface area contributed by atoms with Crippen molar-refractivity contribution in [3.63, 3.8) is 0 Å². The number of benzene rings is 2. The summed E-state index contributed by atoms with van der Waals surface area (Å²) in [5.74, 6) is -1.15. The number of nitrogens with one attached hydrogen (secondary N) is 2. The van der Waals surface area contributed by atoms with Crippen LogP contribution in [0.25, 0.3) is 0 Å². The minimum Gasteiger partial charge on any atom is -0.439 e. The number of nitrogens with two attached hydrogens (primary N) is 1. The van der Waals surface area contributed by atoms with Gasteiger partial charge in [-0.05, 0) is 17.7 Å². The van der Waals surface area contributed by atoms with E-state index in [9.17, 15) is 14.4 Å². The molecule has 2 atom stereocenters. The van der Waals surface area contributed by atoms with Crippen molar-refractivity contribution in [3.05, 3.63) is 65.7 Å². The monoisotopic (exact) mass is 325 g/mol. The molecule has 2 aromatic carbocycles. The Morgan fingerprint density at radius 3 is 2.42 bits per heavy atom. The fourth-order valence-electron chi connectivity index (χ4n) is 2.54. The molecule has 7 nitrogen and oxygen atoms in total. The molecule has 1 aliphatic rings. The van der Waals surface area contributed by atoms with Crippen LogP contribution < -0.4 is 16.4 Å². The van der Waals surface area contributed by atoms with Crippen LogP contribution in [0.15, 0.2) is 54.6 Å². The largest absolute Gasteiger partial charge is 0.439 e. The maximum atomic E-state index is 12.6. The Labute approximate surface area is 137 Å². The molecule has 0 aromatic heterocycles. The van der Waals surface area contributed by atoms with Crippen molar-refractivity contribution in [2.45, 2.75) is 12.1 Å². The van der Waals surface area contributed by atoms with E-state index in [1.807, 2.05) is 6.07 Å². The Morgan fingerprint density at radius 1 is 1.04 bits per heavy atom. The first-order valence-corrected chi connectivity index (χ1v) is 7.28. The topological polar surface area (TPSA) is 111 Å². The second-order valence-corrected chi connectivity index (χ2v) is 5.26. The third kappa shape index (κ3) is 3.05. The highest BCUT2D eigenvalue weighted by atomic mass is 16.6. The minimum atomic E-state index is -0.916. The molecule has 3 rings (SSSR count). The summed E-state index contributed by atoms with van der Waals surface area (Å²) in [6.45, 7) is 0. The van der Waals surface area contributed by atoms with Gasteiger partial charge in [-0.1, -0.05) is 42.5 Å². The molecule has 4 N–H and O–H groups in total. The molecule has 1 saturated heterocycles. The number of alkyl carbamates (subject to hydrolysis) is 1. The zero-order valence-electron chi connectivity index (χ0n) is 12.6. The van der Waals surface area contributed by atoms with E-state index in [4.69, 9.17) is 10.5 Å². The Hall–Kier alpha value is -3.35. The number of anilines is 1. The lowest BCUT2D eigenvalue weighted by Gasteiger charge is -2.17. The summed E-state index contributed by atoms with van der Waals surface area (Å²) in [4.78, 5) is 35.6. The standard InChI is InChI=1S/C17H15N3O4/c18-15(21)11-8-4-5-9-12(11)19-16(22)13-14(24-17(23)20-13)10-6-2-1-3-7-10/h1-9,13-14H,(H2,18,21)(H,19,22)(H,20,23). The molecule has 0 radical (unpaired) electrons. The van der Waals surface area contributed by atoms with Crippen molar-refractivity contribution >= 4 is 23.6 Å². The highest BCUT2D eigenvalue weighted by Gasteiger charge is 2.40. The van der Waals surface area contributed by atoms with Gasteiger partial charge in [0.15, 0.2) is 12.1 Å². The highest BCUT2D eigenvalue weighted by molar-refractivity contribution is 6.05. The molecule has 0 spiro atoms. The number of carbonyl (C=O) groups excluding carboxylic acids is 3. The van der Waals surface area contributed by atoms with E-state index in [0.29, 0.717) is 5.56 Å². The number of para-hydroxylation sites is 1. The van der Waals surface area contributed by atoms with Gasteiger partial charge in [0.1, 0.15) is 0 Å². The quantitative estimate of drug-likeness (QED) is 0.792. The molecule has 24 heavy (non-hydrogen) atoms. The number of cyclic esters (lactones) is 1. The third-order valence-electron chi connectivity index (χ3n) is 3.67. The van der Waals surface area contributed by atoms with Crippen molar-refractivity contribution in [3.8, 4) is 0 Å². The minimum absolute atomic E-state index is 0.187. The second-order valence-electron chi connectivity index (χ2n) is 5.26. The molecule has 122 valence electrons. The van der Waals surface area contributed by atoms with Crippen molar-refractivity contribution in [1.82, 2.24) is 5.32 Å². The summed E-state index contributed by atoms with van der Waals surface area (Å²) >= 11 is 0. The molecule has 1 fully saturated rings. The number of hydrogen-bond acceptors (Lipinski definition) is 4. The van der Waals surface area contributed by atoms with Crippen molar-refractivity contribution in [2.24, 2.45) is 5.73 Å². The van der Waals surface area contributed by atoms with Gasteiger partial charge in [0.05, 0.1) is 11.3 Å². The van der Waals surface area contributed by atoms with E-state index in [2.05, 4.69) is 10.6 Å². The van der Waals surface area contributed by atoms with Crippen LogP contribution in [0.2, 0.25) is 0 Å². The number of carbonyl (C=O) groups is 3. The van der Waals surface area contributed by atoms with Crippen molar-refractivity contribution in [1.29, 1.82) is 0 Å². The summed E-state index contributed by atoms with van der Waals surface area (Å²) in [5, 5.41) is 5.10. The Morgan fingerprint density at radius 2 is 1.71 bits per heavy atom. The van der Waals surface area contributed by atoms with Gasteiger partial charge in [0.2, 0.25) is 0 Å². The van der Waals surface area contributed by atoms with Gasteiger partial charge in [0, 0.05) is 0 Å². The molecule has 3 amide bonds. The van der Waals surface area contributed by atoms with E-state index in [0.717, 1.165) is 0 Å². The number of rotatable bonds is 4. The summed E-state index contributed by atoms with van der Waals surface area (Å²) < 4.78 is 5.19. The fourth-order valence-corrected chi connectivity index (χ4v) is 2.54. The van der Waals surface area contributed by atoms with Crippen molar-refractivity contribution < 1.29 is 19.1 Å². The molecule has 1 aliphatic heterocycles. The average molecular weight is 325 g/mol. The number of primary amides is 1. The molecular weight excluding hydrogens is 310 g/mol. The first kappa shape index (κ1) is 15.5. The van der Waals surface area contributed by atoms with E-state index >= 15 is 0 Å². The zero-order valence-corrected chi connectivity index (χ0v) is 12.6. The summed E-state index contributed by atoms with van der Waals surface area (Å²) in [7, 11) is 0. The van der Waals surface area contributed by atoms with Gasteiger partial charge >= 0.3 is 6.09 Å². The number of amides is 3. The second kappa shape index (κ2) is 6.41. The van der Waals surface area contributed by atoms with Crippen LogP contribution in [-0.4, -0.2) is 23.9 Å². The lowest BCUT2D eigenvalue weighted by atomic mass is 10.0. The smallest absolute Gasteiger partial charge is 0.408 e. The molecule has 1 heterocycles. The van der Waals surface area contributed by atoms with Crippen LogP contribution in [0.5, 0.6) is 0 Å². The predicted molar refractivity (Wildman–Crippen MR) is 86.2 cm³/mol. The van der Waals surface area contributed by atoms with E-state index in [-0.39, 0.29) is 11.3 Å². The summed E-state index contributed by atoms with van der Waals surface area (Å²) in [5.41, 5.74) is 6.46. The van der Waals surface area contributed by atoms with Crippen molar-refractivity contribution in [2.75, 3.05) is 5.32 Å². The van der Waals surface area contributed by atoms with Gasteiger partial charge < -0.3 is 21.1 Å². The maximum Gasteiger partial charge on any atom is 0.408 e. The SMILES string of the molecule is NC(=O)c1ccccc1NC(=O)C1NC(=O)OC1c1ccccc1. The van der Waals surface area contributed by atoms with Gasteiger partial charge in [0.25, 0.3) is 11.8 Å². The fraction of sp³-hybridized carbons (Fsp3) is 0.118. The third-order valence-corrected chi connectivity index (χ3v) is 3.67. The van der Waals surface area contributed by atoms with Crippen LogP contribution in [0.3, 0.4) is 0 Å². The highest BCUT2D eigenvalue weighted by Crippen LogP contribution is 2.27. The molecule has 7 heteroatoms. The van der Waals surface area contributed by atoms with Crippen LogP contribution in [-0.2, 0) is 9.53 Å². The van der Waals surface area contributed by atoms with Crippen LogP contribution in [0.4, 0.5) is 10.5 Å². The first-order chi connectivity index (χ1) is 11.6. The van der Waals surface area contributed by atoms with Crippen LogP contribution in [0.1, 0.15) is 22.0 Å².